The third-order valence-electron chi connectivity index (χ3n) is 5.77. The lowest BCUT2D eigenvalue weighted by Gasteiger charge is -2.27. The Balaban J connectivity index is 0.00000243. The molecule has 0 spiro atoms. The zero-order valence-corrected chi connectivity index (χ0v) is 17.2. The Morgan fingerprint density at radius 1 is 1.23 bits per heavy atom. The molecule has 1 aromatic rings. The summed E-state index contributed by atoms with van der Waals surface area (Å²) in [6.07, 6.45) is 3.28. The lowest BCUT2D eigenvalue weighted by atomic mass is 9.84. The van der Waals surface area contributed by atoms with Crippen LogP contribution >= 0.6 is 12.4 Å². The smallest absolute Gasteiger partial charge is 0.229 e. The number of amides is 1. The molecule has 3 N–H and O–H groups in total. The molecule has 1 amide bonds. The van der Waals surface area contributed by atoms with E-state index in [1.54, 1.807) is 45.0 Å². The number of fused-ring (bicyclic) bond motifs is 2. The number of hydrogen-bond acceptors (Lipinski definition) is 4. The van der Waals surface area contributed by atoms with E-state index < -0.39 is 14.6 Å². The highest BCUT2D eigenvalue weighted by Gasteiger charge is 2.49. The second-order valence-electron chi connectivity index (χ2n) is 8.50. The third kappa shape index (κ3) is 4.07. The van der Waals surface area contributed by atoms with Crippen LogP contribution in [0, 0.1) is 17.8 Å². The van der Waals surface area contributed by atoms with Crippen molar-refractivity contribution in [2.24, 2.45) is 23.5 Å². The fourth-order valence-electron chi connectivity index (χ4n) is 4.13. The van der Waals surface area contributed by atoms with Crippen molar-refractivity contribution >= 4 is 33.8 Å². The Morgan fingerprint density at radius 3 is 2.46 bits per heavy atom. The molecule has 2 fully saturated rings. The Hall–Kier alpha value is -1.11. The fourth-order valence-corrected chi connectivity index (χ4v) is 5.18. The van der Waals surface area contributed by atoms with Gasteiger partial charge in [-0.15, -0.1) is 12.4 Å². The molecule has 1 aromatic carbocycles. The molecule has 2 aliphatic carbocycles. The molecular weight excluding hydrogens is 372 g/mol. The molecular formula is C19H29ClN2O3S. The van der Waals surface area contributed by atoms with Crippen molar-refractivity contribution in [3.05, 3.63) is 29.8 Å². The molecule has 0 saturated heterocycles. The van der Waals surface area contributed by atoms with Crippen molar-refractivity contribution in [2.75, 3.05) is 5.32 Å². The first-order chi connectivity index (χ1) is 11.6. The van der Waals surface area contributed by atoms with Crippen LogP contribution in [0.4, 0.5) is 5.69 Å². The summed E-state index contributed by atoms with van der Waals surface area (Å²) in [7, 11) is -3.26. The van der Waals surface area contributed by atoms with E-state index in [4.69, 9.17) is 5.73 Å². The molecule has 2 saturated carbocycles. The Kier molecular flexibility index (Phi) is 6.10. The predicted octanol–water partition coefficient (Wildman–Crippen LogP) is 3.13. The number of anilines is 1. The summed E-state index contributed by atoms with van der Waals surface area (Å²) in [5.74, 6) is 0.679. The van der Waals surface area contributed by atoms with Gasteiger partial charge in [-0.2, -0.15) is 0 Å². The quantitative estimate of drug-likeness (QED) is 0.812. The van der Waals surface area contributed by atoms with Crippen LogP contribution < -0.4 is 11.1 Å². The highest BCUT2D eigenvalue weighted by molar-refractivity contribution is 7.91. The van der Waals surface area contributed by atoms with Gasteiger partial charge in [-0.3, -0.25) is 4.79 Å². The minimum atomic E-state index is -3.26. The summed E-state index contributed by atoms with van der Waals surface area (Å²) in [5, 5.41) is 2.95. The number of nitrogens with one attached hydrogen (secondary N) is 1. The van der Waals surface area contributed by atoms with Gasteiger partial charge in [0.25, 0.3) is 0 Å². The first-order valence-electron chi connectivity index (χ1n) is 8.96. The van der Waals surface area contributed by atoms with Crippen molar-refractivity contribution in [3.63, 3.8) is 0 Å². The second kappa shape index (κ2) is 7.49. The summed E-state index contributed by atoms with van der Waals surface area (Å²) in [6, 6.07) is 7.05. The first kappa shape index (κ1) is 21.2. The predicted molar refractivity (Wildman–Crippen MR) is 107 cm³/mol. The number of hydrogen-bond donors (Lipinski definition) is 2. The van der Waals surface area contributed by atoms with Crippen molar-refractivity contribution in [3.8, 4) is 0 Å². The van der Waals surface area contributed by atoms with E-state index in [1.165, 1.54) is 0 Å². The first-order valence-corrected chi connectivity index (χ1v) is 10.6. The highest BCUT2D eigenvalue weighted by atomic mass is 35.5. The van der Waals surface area contributed by atoms with Gasteiger partial charge in [-0.1, -0.05) is 12.1 Å². The molecule has 7 heteroatoms. The van der Waals surface area contributed by atoms with E-state index in [1.807, 2.05) is 0 Å². The SMILES string of the molecule is CC(C)(C)S(=O)(=O)Cc1cccc(NC(=O)C2C3CCC(C3)C2N)c1.Cl. The number of carbonyl (C=O) groups is 1. The number of rotatable bonds is 4. The summed E-state index contributed by atoms with van der Waals surface area (Å²) in [4.78, 5) is 12.7. The Labute approximate surface area is 162 Å². The zero-order chi connectivity index (χ0) is 18.4. The van der Waals surface area contributed by atoms with Gasteiger partial charge in [0.15, 0.2) is 9.84 Å². The molecule has 4 atom stereocenters. The molecule has 2 aliphatic rings. The molecule has 4 unspecified atom stereocenters. The van der Waals surface area contributed by atoms with E-state index in [9.17, 15) is 13.2 Å². The van der Waals surface area contributed by atoms with Gasteiger partial charge < -0.3 is 11.1 Å². The summed E-state index contributed by atoms with van der Waals surface area (Å²) < 4.78 is 24.0. The molecule has 2 bridgehead atoms. The maximum atomic E-state index is 12.7. The van der Waals surface area contributed by atoms with Gasteiger partial charge in [0.2, 0.25) is 5.91 Å². The fraction of sp³-hybridized carbons (Fsp3) is 0.632. The molecule has 5 nitrogen and oxygen atoms in total. The monoisotopic (exact) mass is 400 g/mol. The largest absolute Gasteiger partial charge is 0.327 e. The molecule has 0 aromatic heterocycles. The summed E-state index contributed by atoms with van der Waals surface area (Å²) in [6.45, 7) is 5.10. The van der Waals surface area contributed by atoms with Crippen LogP contribution in [0.15, 0.2) is 24.3 Å². The van der Waals surface area contributed by atoms with Gasteiger partial charge in [0.1, 0.15) is 0 Å². The number of nitrogens with two attached hydrogens (primary N) is 1. The van der Waals surface area contributed by atoms with E-state index >= 15 is 0 Å². The van der Waals surface area contributed by atoms with Crippen LogP contribution in [0.5, 0.6) is 0 Å². The Bertz CT molecular complexity index is 771. The molecule has 3 rings (SSSR count). The van der Waals surface area contributed by atoms with Gasteiger partial charge in [0, 0.05) is 11.7 Å². The summed E-state index contributed by atoms with van der Waals surface area (Å²) >= 11 is 0. The van der Waals surface area contributed by atoms with Crippen LogP contribution in [0.25, 0.3) is 0 Å². The van der Waals surface area contributed by atoms with E-state index in [-0.39, 0.29) is 36.0 Å². The van der Waals surface area contributed by atoms with Gasteiger partial charge in [0.05, 0.1) is 16.4 Å². The van der Waals surface area contributed by atoms with Crippen LogP contribution in [-0.4, -0.2) is 25.1 Å². The number of sulfone groups is 1. The average molecular weight is 401 g/mol. The Morgan fingerprint density at radius 2 is 1.88 bits per heavy atom. The van der Waals surface area contributed by atoms with Crippen LogP contribution in [-0.2, 0) is 20.4 Å². The van der Waals surface area contributed by atoms with Gasteiger partial charge in [-0.25, -0.2) is 8.42 Å². The molecule has 0 radical (unpaired) electrons. The molecule has 26 heavy (non-hydrogen) atoms. The third-order valence-corrected chi connectivity index (χ3v) is 8.35. The molecule has 0 heterocycles. The highest BCUT2D eigenvalue weighted by Crippen LogP contribution is 2.47. The molecule has 146 valence electrons. The van der Waals surface area contributed by atoms with Crippen LogP contribution in [0.1, 0.15) is 45.6 Å². The van der Waals surface area contributed by atoms with E-state index in [0.717, 1.165) is 19.3 Å². The van der Waals surface area contributed by atoms with Crippen molar-refractivity contribution in [1.29, 1.82) is 0 Å². The van der Waals surface area contributed by atoms with E-state index in [0.29, 0.717) is 23.1 Å². The van der Waals surface area contributed by atoms with Gasteiger partial charge >= 0.3 is 0 Å². The lowest BCUT2D eigenvalue weighted by molar-refractivity contribution is -0.121. The minimum absolute atomic E-state index is 0. The maximum Gasteiger partial charge on any atom is 0.229 e. The second-order valence-corrected chi connectivity index (χ2v) is 11.2. The van der Waals surface area contributed by atoms with E-state index in [2.05, 4.69) is 5.32 Å². The number of benzene rings is 1. The van der Waals surface area contributed by atoms with Crippen molar-refractivity contribution in [1.82, 2.24) is 0 Å². The number of halogens is 1. The van der Waals surface area contributed by atoms with Crippen molar-refractivity contribution in [2.45, 2.75) is 56.6 Å². The standard InChI is InChI=1S/C19H28N2O3S.ClH/c1-19(2,3)25(23,24)11-12-5-4-6-15(9-12)21-18(22)16-13-7-8-14(10-13)17(16)20;/h4-6,9,13-14,16-17H,7-8,10-11,20H2,1-3H3,(H,21,22);1H. The summed E-state index contributed by atoms with van der Waals surface area (Å²) in [5.41, 5.74) is 7.57. The topological polar surface area (TPSA) is 89.3 Å². The maximum absolute atomic E-state index is 12.7. The normalized spacial score (nSPS) is 27.8. The van der Waals surface area contributed by atoms with Crippen molar-refractivity contribution < 1.29 is 13.2 Å². The van der Waals surface area contributed by atoms with Crippen LogP contribution in [0.2, 0.25) is 0 Å². The molecule has 0 aliphatic heterocycles. The van der Waals surface area contributed by atoms with Crippen LogP contribution in [0.3, 0.4) is 0 Å². The average Bonchev–Trinajstić information content (AvgIpc) is 3.06. The minimum Gasteiger partial charge on any atom is -0.327 e. The number of carbonyl (C=O) groups excluding carboxylic acids is 1. The zero-order valence-electron chi connectivity index (χ0n) is 15.6. The van der Waals surface area contributed by atoms with Gasteiger partial charge in [-0.05, 0) is 69.6 Å². The lowest BCUT2D eigenvalue weighted by Crippen LogP contribution is -2.42.